The van der Waals surface area contributed by atoms with Crippen molar-refractivity contribution in [3.8, 4) is 0 Å². The summed E-state index contributed by atoms with van der Waals surface area (Å²) in [7, 11) is 0. The molecule has 0 aromatic heterocycles. The van der Waals surface area contributed by atoms with Crippen molar-refractivity contribution >= 4 is 11.9 Å². The largest absolute Gasteiger partial charge is 0.466 e. The fourth-order valence-corrected chi connectivity index (χ4v) is 2.18. The molecule has 0 saturated heterocycles. The number of rotatable bonds is 10. The molecule has 0 heterocycles. The smallest absolute Gasteiger partial charge is 0.307 e. The zero-order chi connectivity index (χ0) is 15.0. The Morgan fingerprint density at radius 3 is 2.20 bits per heavy atom. The van der Waals surface area contributed by atoms with Crippen LogP contribution in [0.3, 0.4) is 0 Å². The zero-order valence-electron chi connectivity index (χ0n) is 13.1. The van der Waals surface area contributed by atoms with E-state index in [-0.39, 0.29) is 17.8 Å². The molecule has 5 nitrogen and oxygen atoms in total. The Balaban J connectivity index is 2.43. The SMILES string of the molecule is CCOC(=O)CCN(CCN(CC)CC)C(=O)C1CC1. The monoisotopic (exact) mass is 284 g/mol. The summed E-state index contributed by atoms with van der Waals surface area (Å²) in [6.45, 7) is 10.5. The Hall–Kier alpha value is -1.10. The van der Waals surface area contributed by atoms with Crippen molar-refractivity contribution in [1.82, 2.24) is 9.80 Å². The van der Waals surface area contributed by atoms with Gasteiger partial charge in [0, 0.05) is 25.6 Å². The van der Waals surface area contributed by atoms with Gasteiger partial charge in [-0.15, -0.1) is 0 Å². The number of esters is 1. The standard InChI is InChI=1S/C15H28N2O3/c1-4-16(5-2)11-12-17(15(19)13-7-8-13)10-9-14(18)20-6-3/h13H,4-12H2,1-3H3. The van der Waals surface area contributed by atoms with Crippen LogP contribution in [0.2, 0.25) is 0 Å². The zero-order valence-corrected chi connectivity index (χ0v) is 13.1. The van der Waals surface area contributed by atoms with Crippen LogP contribution in [0.5, 0.6) is 0 Å². The van der Waals surface area contributed by atoms with Gasteiger partial charge < -0.3 is 14.5 Å². The van der Waals surface area contributed by atoms with Gasteiger partial charge in [0.05, 0.1) is 13.0 Å². The van der Waals surface area contributed by atoms with E-state index in [4.69, 9.17) is 4.74 Å². The highest BCUT2D eigenvalue weighted by Gasteiger charge is 2.33. The number of nitrogens with zero attached hydrogens (tertiary/aromatic N) is 2. The summed E-state index contributed by atoms with van der Waals surface area (Å²) in [6, 6.07) is 0. The van der Waals surface area contributed by atoms with Crippen molar-refractivity contribution in [2.75, 3.05) is 39.3 Å². The van der Waals surface area contributed by atoms with Crippen LogP contribution in [-0.2, 0) is 14.3 Å². The number of likely N-dealkylation sites (N-methyl/N-ethyl adjacent to an activating group) is 1. The van der Waals surface area contributed by atoms with E-state index in [1.165, 1.54) is 0 Å². The minimum atomic E-state index is -0.219. The Kier molecular flexibility index (Phi) is 7.59. The molecule has 0 spiro atoms. The molecule has 20 heavy (non-hydrogen) atoms. The molecule has 5 heteroatoms. The van der Waals surface area contributed by atoms with Gasteiger partial charge in [-0.1, -0.05) is 13.8 Å². The topological polar surface area (TPSA) is 49.9 Å². The summed E-state index contributed by atoms with van der Waals surface area (Å²) in [5.41, 5.74) is 0. The fraction of sp³-hybridized carbons (Fsp3) is 0.867. The van der Waals surface area contributed by atoms with Crippen LogP contribution in [0.4, 0.5) is 0 Å². The van der Waals surface area contributed by atoms with Crippen LogP contribution in [0, 0.1) is 5.92 Å². The Labute approximate surface area is 122 Å². The minimum Gasteiger partial charge on any atom is -0.466 e. The molecule has 1 saturated carbocycles. The Bertz CT molecular complexity index is 312. The lowest BCUT2D eigenvalue weighted by Crippen LogP contribution is -2.40. The lowest BCUT2D eigenvalue weighted by molar-refractivity contribution is -0.144. The van der Waals surface area contributed by atoms with Crippen molar-refractivity contribution < 1.29 is 14.3 Å². The molecular formula is C15H28N2O3. The Morgan fingerprint density at radius 2 is 1.70 bits per heavy atom. The fourth-order valence-electron chi connectivity index (χ4n) is 2.18. The van der Waals surface area contributed by atoms with E-state index in [1.807, 2.05) is 4.90 Å². The van der Waals surface area contributed by atoms with Crippen LogP contribution < -0.4 is 0 Å². The number of amides is 1. The predicted molar refractivity (Wildman–Crippen MR) is 78.3 cm³/mol. The predicted octanol–water partition coefficient (Wildman–Crippen LogP) is 1.52. The van der Waals surface area contributed by atoms with E-state index in [1.54, 1.807) is 6.92 Å². The van der Waals surface area contributed by atoms with Crippen LogP contribution >= 0.6 is 0 Å². The number of hydrogen-bond donors (Lipinski definition) is 0. The maximum atomic E-state index is 12.2. The van der Waals surface area contributed by atoms with Gasteiger partial charge in [-0.2, -0.15) is 0 Å². The molecule has 1 amide bonds. The molecule has 0 aliphatic heterocycles. The molecule has 1 aliphatic rings. The van der Waals surface area contributed by atoms with Crippen molar-refractivity contribution in [3.05, 3.63) is 0 Å². The van der Waals surface area contributed by atoms with E-state index in [0.717, 1.165) is 32.5 Å². The van der Waals surface area contributed by atoms with Crippen LogP contribution in [0.1, 0.15) is 40.0 Å². The third-order valence-corrected chi connectivity index (χ3v) is 3.71. The van der Waals surface area contributed by atoms with Gasteiger partial charge in [0.15, 0.2) is 0 Å². The first kappa shape index (κ1) is 17.0. The molecule has 0 unspecified atom stereocenters. The second-order valence-electron chi connectivity index (χ2n) is 5.18. The third-order valence-electron chi connectivity index (χ3n) is 3.71. The first-order valence-electron chi connectivity index (χ1n) is 7.79. The van der Waals surface area contributed by atoms with Gasteiger partial charge in [-0.25, -0.2) is 0 Å². The van der Waals surface area contributed by atoms with Crippen LogP contribution in [0.25, 0.3) is 0 Å². The number of carbonyl (C=O) groups excluding carboxylic acids is 2. The summed E-state index contributed by atoms with van der Waals surface area (Å²) < 4.78 is 4.93. The van der Waals surface area contributed by atoms with Crippen LogP contribution in [-0.4, -0.2) is 61.0 Å². The first-order chi connectivity index (χ1) is 9.62. The van der Waals surface area contributed by atoms with Crippen LogP contribution in [0.15, 0.2) is 0 Å². The average molecular weight is 284 g/mol. The molecule has 0 radical (unpaired) electrons. The molecule has 1 rings (SSSR count). The number of ether oxygens (including phenoxy) is 1. The summed E-state index contributed by atoms with van der Waals surface area (Å²) in [6.07, 6.45) is 2.30. The molecule has 0 aromatic carbocycles. The van der Waals surface area contributed by atoms with E-state index in [2.05, 4.69) is 18.7 Å². The quantitative estimate of drug-likeness (QED) is 0.571. The van der Waals surface area contributed by atoms with E-state index in [9.17, 15) is 9.59 Å². The van der Waals surface area contributed by atoms with Gasteiger partial charge in [0.2, 0.25) is 5.91 Å². The minimum absolute atomic E-state index is 0.203. The van der Waals surface area contributed by atoms with Crippen molar-refractivity contribution in [3.63, 3.8) is 0 Å². The lowest BCUT2D eigenvalue weighted by Gasteiger charge is -2.26. The van der Waals surface area contributed by atoms with Gasteiger partial charge in [-0.05, 0) is 32.9 Å². The molecule has 0 aromatic rings. The second-order valence-corrected chi connectivity index (χ2v) is 5.18. The highest BCUT2D eigenvalue weighted by Crippen LogP contribution is 2.31. The van der Waals surface area contributed by atoms with E-state index in [0.29, 0.717) is 26.1 Å². The summed E-state index contributed by atoms with van der Waals surface area (Å²) in [5, 5.41) is 0. The molecule has 116 valence electrons. The van der Waals surface area contributed by atoms with Gasteiger partial charge in [0.1, 0.15) is 0 Å². The average Bonchev–Trinajstić information content (AvgIpc) is 3.27. The summed E-state index contributed by atoms with van der Waals surface area (Å²) in [4.78, 5) is 27.8. The highest BCUT2D eigenvalue weighted by atomic mass is 16.5. The molecule has 1 fully saturated rings. The number of carbonyl (C=O) groups is 2. The lowest BCUT2D eigenvalue weighted by atomic mass is 10.3. The maximum absolute atomic E-state index is 12.2. The van der Waals surface area contributed by atoms with Crippen molar-refractivity contribution in [2.45, 2.75) is 40.0 Å². The number of hydrogen-bond acceptors (Lipinski definition) is 4. The summed E-state index contributed by atoms with van der Waals surface area (Å²) >= 11 is 0. The molecule has 0 atom stereocenters. The molecule has 1 aliphatic carbocycles. The highest BCUT2D eigenvalue weighted by molar-refractivity contribution is 5.81. The van der Waals surface area contributed by atoms with E-state index < -0.39 is 0 Å². The van der Waals surface area contributed by atoms with Crippen molar-refractivity contribution in [2.24, 2.45) is 5.92 Å². The molecule has 0 N–H and O–H groups in total. The Morgan fingerprint density at radius 1 is 1.05 bits per heavy atom. The van der Waals surface area contributed by atoms with Crippen molar-refractivity contribution in [1.29, 1.82) is 0 Å². The van der Waals surface area contributed by atoms with Gasteiger partial charge >= 0.3 is 5.97 Å². The second kappa shape index (κ2) is 8.95. The molecule has 0 bridgehead atoms. The van der Waals surface area contributed by atoms with Gasteiger partial charge in [0.25, 0.3) is 0 Å². The maximum Gasteiger partial charge on any atom is 0.307 e. The summed E-state index contributed by atoms with van der Waals surface area (Å²) in [5.74, 6) is 0.194. The van der Waals surface area contributed by atoms with Gasteiger partial charge in [-0.3, -0.25) is 9.59 Å². The molecular weight excluding hydrogens is 256 g/mol. The van der Waals surface area contributed by atoms with E-state index >= 15 is 0 Å². The first-order valence-corrected chi connectivity index (χ1v) is 7.79. The third kappa shape index (κ3) is 5.90. The normalized spacial score (nSPS) is 14.4.